The lowest BCUT2D eigenvalue weighted by atomic mass is 9.77. The van der Waals surface area contributed by atoms with Crippen LogP contribution in [0.5, 0.6) is 34.5 Å². The molecule has 6 heteroatoms. The maximum Gasteiger partial charge on any atom is 0.203 e. The normalized spacial score (nSPS) is 18.4. The first-order chi connectivity index (χ1) is 13.4. The van der Waals surface area contributed by atoms with Crippen LogP contribution in [-0.4, -0.2) is 38.7 Å². The second-order valence-electron chi connectivity index (χ2n) is 7.35. The van der Waals surface area contributed by atoms with E-state index in [0.717, 1.165) is 35.1 Å². The molecular formula is C22H28O6. The van der Waals surface area contributed by atoms with Gasteiger partial charge in [0, 0.05) is 11.1 Å². The molecule has 0 spiro atoms. The van der Waals surface area contributed by atoms with Gasteiger partial charge in [0.1, 0.15) is 0 Å². The van der Waals surface area contributed by atoms with Crippen LogP contribution in [-0.2, 0) is 12.8 Å². The molecule has 0 aromatic heterocycles. The second-order valence-corrected chi connectivity index (χ2v) is 7.35. The van der Waals surface area contributed by atoms with E-state index in [-0.39, 0.29) is 17.2 Å². The molecule has 0 bridgehead atoms. The summed E-state index contributed by atoms with van der Waals surface area (Å²) < 4.78 is 22.1. The molecule has 1 aliphatic rings. The minimum atomic E-state index is -0.0648. The van der Waals surface area contributed by atoms with Crippen LogP contribution in [0.3, 0.4) is 0 Å². The van der Waals surface area contributed by atoms with Crippen molar-refractivity contribution >= 4 is 0 Å². The molecule has 0 unspecified atom stereocenters. The maximum absolute atomic E-state index is 10.7. The largest absolute Gasteiger partial charge is 0.504 e. The highest BCUT2D eigenvalue weighted by Crippen LogP contribution is 2.55. The number of aromatic hydroxyl groups is 2. The number of hydrogen-bond acceptors (Lipinski definition) is 6. The van der Waals surface area contributed by atoms with Crippen molar-refractivity contribution in [3.63, 3.8) is 0 Å². The molecule has 0 heterocycles. The van der Waals surface area contributed by atoms with Crippen LogP contribution in [0.1, 0.15) is 25.0 Å². The first kappa shape index (κ1) is 20.0. The Morgan fingerprint density at radius 1 is 0.714 bits per heavy atom. The fraction of sp³-hybridized carbons (Fsp3) is 0.455. The zero-order valence-corrected chi connectivity index (χ0v) is 17.3. The molecule has 152 valence electrons. The fourth-order valence-corrected chi connectivity index (χ4v) is 4.07. The van der Waals surface area contributed by atoms with Gasteiger partial charge in [-0.1, -0.05) is 13.8 Å². The van der Waals surface area contributed by atoms with Gasteiger partial charge in [0.25, 0.3) is 0 Å². The quantitative estimate of drug-likeness (QED) is 0.819. The summed E-state index contributed by atoms with van der Waals surface area (Å²) in [4.78, 5) is 0. The van der Waals surface area contributed by atoms with Gasteiger partial charge in [0.15, 0.2) is 23.0 Å². The van der Waals surface area contributed by atoms with E-state index >= 15 is 0 Å². The first-order valence-electron chi connectivity index (χ1n) is 9.31. The van der Waals surface area contributed by atoms with Crippen molar-refractivity contribution in [2.75, 3.05) is 28.4 Å². The van der Waals surface area contributed by atoms with Gasteiger partial charge in [0.05, 0.1) is 28.4 Å². The Labute approximate surface area is 165 Å². The minimum absolute atomic E-state index is 0.0248. The minimum Gasteiger partial charge on any atom is -0.504 e. The van der Waals surface area contributed by atoms with Gasteiger partial charge in [-0.05, 0) is 47.9 Å². The number of phenolic OH excluding ortho intramolecular Hbond substituents is 2. The lowest BCUT2D eigenvalue weighted by molar-refractivity contribution is 0.328. The second kappa shape index (κ2) is 7.70. The molecule has 0 fully saturated rings. The molecule has 0 amide bonds. The highest BCUT2D eigenvalue weighted by Gasteiger charge is 2.32. The average molecular weight is 388 g/mol. The van der Waals surface area contributed by atoms with Crippen LogP contribution in [0, 0.1) is 11.8 Å². The SMILES string of the molecule is COc1cc2c(c(OC)c1O)-c1c(cc(O)c(OC)c1OC)C[C@@H](C)[C@@H](C)C2. The highest BCUT2D eigenvalue weighted by atomic mass is 16.5. The molecule has 0 saturated heterocycles. The van der Waals surface area contributed by atoms with Crippen LogP contribution >= 0.6 is 0 Å². The van der Waals surface area contributed by atoms with Crippen LogP contribution in [0.25, 0.3) is 11.1 Å². The summed E-state index contributed by atoms with van der Waals surface area (Å²) >= 11 is 0. The van der Waals surface area contributed by atoms with Crippen molar-refractivity contribution in [1.29, 1.82) is 0 Å². The van der Waals surface area contributed by atoms with Crippen LogP contribution in [0.15, 0.2) is 12.1 Å². The van der Waals surface area contributed by atoms with Gasteiger partial charge < -0.3 is 29.2 Å². The molecular weight excluding hydrogens is 360 g/mol. The van der Waals surface area contributed by atoms with Gasteiger partial charge in [-0.25, -0.2) is 0 Å². The van der Waals surface area contributed by atoms with Gasteiger partial charge in [-0.15, -0.1) is 0 Å². The Kier molecular flexibility index (Phi) is 5.49. The Morgan fingerprint density at radius 2 is 1.21 bits per heavy atom. The Balaban J connectivity index is 2.49. The monoisotopic (exact) mass is 388 g/mol. The number of methoxy groups -OCH3 is 4. The van der Waals surface area contributed by atoms with Gasteiger partial charge in [0.2, 0.25) is 11.5 Å². The van der Waals surface area contributed by atoms with Crippen molar-refractivity contribution in [3.8, 4) is 45.6 Å². The zero-order valence-electron chi connectivity index (χ0n) is 17.3. The van der Waals surface area contributed by atoms with Crippen molar-refractivity contribution in [2.24, 2.45) is 11.8 Å². The Morgan fingerprint density at radius 3 is 1.71 bits per heavy atom. The number of benzene rings is 2. The topological polar surface area (TPSA) is 77.4 Å². The Hall–Kier alpha value is -2.76. The zero-order chi connectivity index (χ0) is 20.6. The van der Waals surface area contributed by atoms with Crippen molar-refractivity contribution < 1.29 is 29.2 Å². The van der Waals surface area contributed by atoms with E-state index in [1.165, 1.54) is 28.4 Å². The van der Waals surface area contributed by atoms with Crippen molar-refractivity contribution in [2.45, 2.75) is 26.7 Å². The van der Waals surface area contributed by atoms with Crippen LogP contribution in [0.4, 0.5) is 0 Å². The maximum atomic E-state index is 10.7. The standard InChI is InChI=1S/C22H28O6/c1-11-7-13-9-15(23)20(26-4)22(28-6)18(13)17-14(8-12(11)2)10-16(25-3)19(24)21(17)27-5/h9-12,23-24H,7-8H2,1-6H3/t11-,12+/m1/s1. The van der Waals surface area contributed by atoms with Gasteiger partial charge >= 0.3 is 0 Å². The van der Waals surface area contributed by atoms with E-state index in [1.807, 2.05) is 6.07 Å². The summed E-state index contributed by atoms with van der Waals surface area (Å²) in [6.45, 7) is 4.40. The van der Waals surface area contributed by atoms with Crippen LogP contribution < -0.4 is 18.9 Å². The predicted octanol–water partition coefficient (Wildman–Crippen LogP) is 4.17. The van der Waals surface area contributed by atoms with Crippen molar-refractivity contribution in [3.05, 3.63) is 23.3 Å². The van der Waals surface area contributed by atoms with Crippen molar-refractivity contribution in [1.82, 2.24) is 0 Å². The predicted molar refractivity (Wildman–Crippen MR) is 107 cm³/mol. The van der Waals surface area contributed by atoms with E-state index in [4.69, 9.17) is 18.9 Å². The fourth-order valence-electron chi connectivity index (χ4n) is 4.07. The summed E-state index contributed by atoms with van der Waals surface area (Å²) in [6.07, 6.45) is 1.54. The molecule has 2 aromatic carbocycles. The van der Waals surface area contributed by atoms with E-state index < -0.39 is 0 Å². The Bertz CT molecular complexity index is 890. The molecule has 28 heavy (non-hydrogen) atoms. The summed E-state index contributed by atoms with van der Waals surface area (Å²) in [5.74, 6) is 2.07. The lowest BCUT2D eigenvalue weighted by Gasteiger charge is -2.30. The third kappa shape index (κ3) is 3.07. The summed E-state index contributed by atoms with van der Waals surface area (Å²) in [7, 11) is 6.06. The van der Waals surface area contributed by atoms with E-state index in [0.29, 0.717) is 29.1 Å². The van der Waals surface area contributed by atoms with E-state index in [1.54, 1.807) is 6.07 Å². The molecule has 0 saturated carbocycles. The number of phenols is 2. The molecule has 0 aliphatic heterocycles. The molecule has 0 radical (unpaired) electrons. The molecule has 1 aliphatic carbocycles. The van der Waals surface area contributed by atoms with Gasteiger partial charge in [-0.3, -0.25) is 0 Å². The molecule has 2 N–H and O–H groups in total. The molecule has 2 atom stereocenters. The summed E-state index contributed by atoms with van der Waals surface area (Å²) in [5.41, 5.74) is 3.40. The summed E-state index contributed by atoms with van der Waals surface area (Å²) in [6, 6.07) is 3.57. The van der Waals surface area contributed by atoms with E-state index in [9.17, 15) is 10.2 Å². The van der Waals surface area contributed by atoms with Crippen LogP contribution in [0.2, 0.25) is 0 Å². The highest BCUT2D eigenvalue weighted by molar-refractivity contribution is 5.88. The number of ether oxygens (including phenoxy) is 4. The van der Waals surface area contributed by atoms with Gasteiger partial charge in [-0.2, -0.15) is 0 Å². The number of rotatable bonds is 4. The molecule has 2 aromatic rings. The van der Waals surface area contributed by atoms with E-state index in [2.05, 4.69) is 13.8 Å². The summed E-state index contributed by atoms with van der Waals surface area (Å²) in [5, 5.41) is 21.2. The lowest BCUT2D eigenvalue weighted by Crippen LogP contribution is -2.18. The smallest absolute Gasteiger partial charge is 0.203 e. The molecule has 3 rings (SSSR count). The number of hydrogen-bond donors (Lipinski definition) is 2. The third-order valence-corrected chi connectivity index (χ3v) is 5.74. The number of fused-ring (bicyclic) bond motifs is 3. The molecule has 6 nitrogen and oxygen atoms in total. The first-order valence-corrected chi connectivity index (χ1v) is 9.31. The third-order valence-electron chi connectivity index (χ3n) is 5.74. The average Bonchev–Trinajstić information content (AvgIpc) is 2.67.